The summed E-state index contributed by atoms with van der Waals surface area (Å²) < 4.78 is 13.3. The van der Waals surface area contributed by atoms with Gasteiger partial charge < -0.3 is 15.5 Å². The summed E-state index contributed by atoms with van der Waals surface area (Å²) in [4.78, 5) is 15.9. The zero-order chi connectivity index (χ0) is 14.0. The van der Waals surface area contributed by atoms with E-state index in [0.717, 1.165) is 11.4 Å². The van der Waals surface area contributed by atoms with Crippen LogP contribution >= 0.6 is 0 Å². The molecule has 19 heavy (non-hydrogen) atoms. The maximum Gasteiger partial charge on any atom is 0.227 e. The van der Waals surface area contributed by atoms with Gasteiger partial charge in [-0.05, 0) is 31.5 Å². The van der Waals surface area contributed by atoms with Crippen LogP contribution in [-0.2, 0) is 4.79 Å². The van der Waals surface area contributed by atoms with Gasteiger partial charge in [-0.25, -0.2) is 4.39 Å². The number of nitrogens with zero attached hydrogens (tertiary/aromatic N) is 2. The molecule has 2 N–H and O–H groups in total. The van der Waals surface area contributed by atoms with Gasteiger partial charge in [0.05, 0.1) is 11.4 Å². The molecule has 1 amide bonds. The van der Waals surface area contributed by atoms with Crippen molar-refractivity contribution in [1.82, 2.24) is 0 Å². The third-order valence-corrected chi connectivity index (χ3v) is 3.41. The van der Waals surface area contributed by atoms with Gasteiger partial charge in [-0.1, -0.05) is 0 Å². The molecule has 0 saturated heterocycles. The number of hydrogen-bond donors (Lipinski definition) is 1. The molecule has 1 aliphatic rings. The number of likely N-dealkylation sites (N-methyl/N-ethyl adjacent to an activating group) is 1. The van der Waals surface area contributed by atoms with Crippen molar-refractivity contribution in [2.45, 2.75) is 25.8 Å². The lowest BCUT2D eigenvalue weighted by molar-refractivity contribution is -0.118. The van der Waals surface area contributed by atoms with Crippen LogP contribution in [0.1, 0.15) is 19.8 Å². The van der Waals surface area contributed by atoms with Crippen LogP contribution in [0.2, 0.25) is 0 Å². The molecule has 1 aromatic rings. The van der Waals surface area contributed by atoms with Crippen molar-refractivity contribution >= 4 is 17.3 Å². The molecule has 0 spiro atoms. The molecule has 2 rings (SSSR count). The Bertz CT molecular complexity index is 476. The molecule has 0 fully saturated rings. The molecule has 4 nitrogen and oxygen atoms in total. The third kappa shape index (κ3) is 3.04. The second-order valence-corrected chi connectivity index (χ2v) is 5.12. The lowest BCUT2D eigenvalue weighted by Crippen LogP contribution is -2.43. The van der Waals surface area contributed by atoms with Gasteiger partial charge >= 0.3 is 0 Å². The topological polar surface area (TPSA) is 49.6 Å². The maximum absolute atomic E-state index is 13.3. The fourth-order valence-corrected chi connectivity index (χ4v) is 2.27. The molecule has 1 aromatic carbocycles. The SMILES string of the molecule is CC(N)CCC(=O)N1CCN(C)c2cc(F)ccc21. The lowest BCUT2D eigenvalue weighted by atomic mass is 10.1. The summed E-state index contributed by atoms with van der Waals surface area (Å²) in [5.41, 5.74) is 7.22. The van der Waals surface area contributed by atoms with Crippen molar-refractivity contribution < 1.29 is 9.18 Å². The lowest BCUT2D eigenvalue weighted by Gasteiger charge is -2.35. The van der Waals surface area contributed by atoms with Crippen molar-refractivity contribution in [3.63, 3.8) is 0 Å². The number of halogens is 1. The van der Waals surface area contributed by atoms with E-state index in [2.05, 4.69) is 0 Å². The van der Waals surface area contributed by atoms with Crippen LogP contribution in [0.15, 0.2) is 18.2 Å². The van der Waals surface area contributed by atoms with Crippen LogP contribution in [0.5, 0.6) is 0 Å². The van der Waals surface area contributed by atoms with E-state index < -0.39 is 0 Å². The van der Waals surface area contributed by atoms with Crippen LogP contribution in [0.25, 0.3) is 0 Å². The molecule has 104 valence electrons. The van der Waals surface area contributed by atoms with E-state index >= 15 is 0 Å². The molecule has 1 unspecified atom stereocenters. The molecule has 0 aliphatic carbocycles. The second-order valence-electron chi connectivity index (χ2n) is 5.12. The summed E-state index contributed by atoms with van der Waals surface area (Å²) in [6, 6.07) is 4.55. The summed E-state index contributed by atoms with van der Waals surface area (Å²) in [5.74, 6) is -0.228. The molecule has 1 heterocycles. The van der Waals surface area contributed by atoms with Crippen LogP contribution < -0.4 is 15.5 Å². The Morgan fingerprint density at radius 3 is 2.84 bits per heavy atom. The van der Waals surface area contributed by atoms with Gasteiger partial charge in [0, 0.05) is 32.6 Å². The van der Waals surface area contributed by atoms with Crippen molar-refractivity contribution in [2.24, 2.45) is 5.73 Å². The Labute approximate surface area is 113 Å². The molecule has 0 radical (unpaired) electrons. The van der Waals surface area contributed by atoms with Gasteiger partial charge in [0.2, 0.25) is 5.91 Å². The van der Waals surface area contributed by atoms with Gasteiger partial charge in [-0.15, -0.1) is 0 Å². The number of carbonyl (C=O) groups is 1. The molecule has 0 aromatic heterocycles. The molecule has 1 atom stereocenters. The molecular weight excluding hydrogens is 245 g/mol. The zero-order valence-electron chi connectivity index (χ0n) is 11.4. The summed E-state index contributed by atoms with van der Waals surface area (Å²) in [6.45, 7) is 3.23. The number of hydrogen-bond acceptors (Lipinski definition) is 3. The number of nitrogens with two attached hydrogens (primary N) is 1. The number of rotatable bonds is 3. The van der Waals surface area contributed by atoms with E-state index in [1.54, 1.807) is 11.0 Å². The Morgan fingerprint density at radius 1 is 1.42 bits per heavy atom. The predicted molar refractivity (Wildman–Crippen MR) is 74.9 cm³/mol. The minimum Gasteiger partial charge on any atom is -0.371 e. The monoisotopic (exact) mass is 265 g/mol. The van der Waals surface area contributed by atoms with Crippen LogP contribution in [0, 0.1) is 5.82 Å². The average molecular weight is 265 g/mol. The summed E-state index contributed by atoms with van der Waals surface area (Å²) in [6.07, 6.45) is 1.10. The molecule has 5 heteroatoms. The van der Waals surface area contributed by atoms with E-state index in [4.69, 9.17) is 5.73 Å². The first kappa shape index (κ1) is 13.8. The van der Waals surface area contributed by atoms with Gasteiger partial charge in [-0.2, -0.15) is 0 Å². The molecule has 1 aliphatic heterocycles. The number of fused-ring (bicyclic) bond motifs is 1. The average Bonchev–Trinajstić information content (AvgIpc) is 2.37. The van der Waals surface area contributed by atoms with Crippen molar-refractivity contribution in [3.05, 3.63) is 24.0 Å². The normalized spacial score (nSPS) is 16.2. The Morgan fingerprint density at radius 2 is 2.16 bits per heavy atom. The fraction of sp³-hybridized carbons (Fsp3) is 0.500. The standard InChI is InChI=1S/C14H20FN3O/c1-10(16)3-6-14(19)18-8-7-17(2)13-9-11(15)4-5-12(13)18/h4-5,9-10H,3,6-8,16H2,1-2H3. The quantitative estimate of drug-likeness (QED) is 0.905. The zero-order valence-corrected chi connectivity index (χ0v) is 11.4. The third-order valence-electron chi connectivity index (χ3n) is 3.41. The van der Waals surface area contributed by atoms with Gasteiger partial charge in [-0.3, -0.25) is 4.79 Å². The highest BCUT2D eigenvalue weighted by molar-refractivity contribution is 5.97. The summed E-state index contributed by atoms with van der Waals surface area (Å²) >= 11 is 0. The fourth-order valence-electron chi connectivity index (χ4n) is 2.27. The summed E-state index contributed by atoms with van der Waals surface area (Å²) in [5, 5.41) is 0. The Kier molecular flexibility index (Phi) is 4.04. The first-order valence-corrected chi connectivity index (χ1v) is 6.55. The van der Waals surface area contributed by atoms with E-state index in [0.29, 0.717) is 25.9 Å². The smallest absolute Gasteiger partial charge is 0.227 e. The van der Waals surface area contributed by atoms with Gasteiger partial charge in [0.25, 0.3) is 0 Å². The van der Waals surface area contributed by atoms with Crippen LogP contribution in [0.3, 0.4) is 0 Å². The van der Waals surface area contributed by atoms with Crippen LogP contribution in [-0.4, -0.2) is 32.1 Å². The second kappa shape index (κ2) is 5.57. The Hall–Kier alpha value is -1.62. The van der Waals surface area contributed by atoms with Crippen molar-refractivity contribution in [1.29, 1.82) is 0 Å². The molecule has 0 saturated carbocycles. The highest BCUT2D eigenvalue weighted by atomic mass is 19.1. The number of benzene rings is 1. The number of carbonyl (C=O) groups excluding carboxylic acids is 1. The first-order chi connectivity index (χ1) is 8.99. The van der Waals surface area contributed by atoms with Gasteiger partial charge in [0.15, 0.2) is 0 Å². The van der Waals surface area contributed by atoms with Gasteiger partial charge in [0.1, 0.15) is 5.82 Å². The molecular formula is C14H20FN3O. The largest absolute Gasteiger partial charge is 0.371 e. The minimum atomic E-state index is -0.282. The number of anilines is 2. The van der Waals surface area contributed by atoms with E-state index in [9.17, 15) is 9.18 Å². The van der Waals surface area contributed by atoms with Crippen molar-refractivity contribution in [3.8, 4) is 0 Å². The van der Waals surface area contributed by atoms with E-state index in [-0.39, 0.29) is 17.8 Å². The predicted octanol–water partition coefficient (Wildman–Crippen LogP) is 1.74. The minimum absolute atomic E-state index is 0.0177. The first-order valence-electron chi connectivity index (χ1n) is 6.55. The van der Waals surface area contributed by atoms with E-state index in [1.807, 2.05) is 18.9 Å². The Balaban J connectivity index is 2.21. The molecule has 0 bridgehead atoms. The van der Waals surface area contributed by atoms with Crippen LogP contribution in [0.4, 0.5) is 15.8 Å². The highest BCUT2D eigenvalue weighted by Crippen LogP contribution is 2.33. The highest BCUT2D eigenvalue weighted by Gasteiger charge is 2.25. The van der Waals surface area contributed by atoms with E-state index in [1.165, 1.54) is 12.1 Å². The summed E-state index contributed by atoms with van der Waals surface area (Å²) in [7, 11) is 1.90. The number of amides is 1. The van der Waals surface area contributed by atoms with Crippen molar-refractivity contribution in [2.75, 3.05) is 29.9 Å². The maximum atomic E-state index is 13.3.